The normalized spacial score (nSPS) is 11.6. The molecule has 2 heterocycles. The molecule has 0 aliphatic carbocycles. The molecule has 0 amide bonds. The Hall–Kier alpha value is -2.83. The van der Waals surface area contributed by atoms with Gasteiger partial charge in [0.25, 0.3) is 0 Å². The number of benzene rings is 1. The van der Waals surface area contributed by atoms with Gasteiger partial charge in [0.2, 0.25) is 0 Å². The van der Waals surface area contributed by atoms with E-state index < -0.39 is 12.7 Å². The molecular weight excluding hydrogens is 307 g/mol. The van der Waals surface area contributed by atoms with Gasteiger partial charge in [-0.3, -0.25) is 9.67 Å². The number of pyridine rings is 1. The highest BCUT2D eigenvalue weighted by Crippen LogP contribution is 2.32. The molecular formula is C16H12F3N3O. The number of nitrogens with zero attached hydrogens (tertiary/aromatic N) is 3. The van der Waals surface area contributed by atoms with Crippen LogP contribution in [0.4, 0.5) is 13.2 Å². The van der Waals surface area contributed by atoms with Crippen LogP contribution in [0.15, 0.2) is 55.0 Å². The van der Waals surface area contributed by atoms with Crippen molar-refractivity contribution in [1.82, 2.24) is 14.8 Å². The lowest BCUT2D eigenvalue weighted by Gasteiger charge is -2.05. The first kappa shape index (κ1) is 15.1. The van der Waals surface area contributed by atoms with Gasteiger partial charge in [-0.1, -0.05) is 0 Å². The maximum atomic E-state index is 12.6. The summed E-state index contributed by atoms with van der Waals surface area (Å²) in [5, 5.41) is 13.4. The minimum atomic E-state index is -4.35. The highest BCUT2D eigenvalue weighted by molar-refractivity contribution is 5.80. The smallest absolute Gasteiger partial charge is 0.408 e. The molecule has 1 aromatic carbocycles. The Balaban J connectivity index is 2.10. The molecule has 0 fully saturated rings. The molecule has 0 saturated heterocycles. The van der Waals surface area contributed by atoms with Gasteiger partial charge in [0.15, 0.2) is 0 Å². The third-order valence-electron chi connectivity index (χ3n) is 3.24. The quantitative estimate of drug-likeness (QED) is 0.797. The largest absolute Gasteiger partial charge is 0.508 e. The Labute approximate surface area is 129 Å². The van der Waals surface area contributed by atoms with Crippen LogP contribution >= 0.6 is 0 Å². The van der Waals surface area contributed by atoms with Gasteiger partial charge in [-0.15, -0.1) is 0 Å². The number of aromatic nitrogens is 3. The molecule has 3 aromatic rings. The number of rotatable bonds is 3. The van der Waals surface area contributed by atoms with Gasteiger partial charge in [-0.05, 0) is 42.0 Å². The summed E-state index contributed by atoms with van der Waals surface area (Å²) in [5.41, 5.74) is 2.33. The van der Waals surface area contributed by atoms with Gasteiger partial charge in [-0.2, -0.15) is 18.3 Å². The van der Waals surface area contributed by atoms with Gasteiger partial charge < -0.3 is 5.11 Å². The topological polar surface area (TPSA) is 50.9 Å². The van der Waals surface area contributed by atoms with Crippen LogP contribution in [0.3, 0.4) is 0 Å². The summed E-state index contributed by atoms with van der Waals surface area (Å²) < 4.78 is 38.8. The predicted octanol–water partition coefficient (Wildman–Crippen LogP) is 3.88. The molecule has 1 N–H and O–H groups in total. The Kier molecular flexibility index (Phi) is 3.77. The lowest BCUT2D eigenvalue weighted by atomic mass is 10.0. The minimum Gasteiger partial charge on any atom is -0.508 e. The lowest BCUT2D eigenvalue weighted by molar-refractivity contribution is -0.142. The van der Waals surface area contributed by atoms with Gasteiger partial charge in [0, 0.05) is 29.7 Å². The molecule has 0 aliphatic rings. The van der Waals surface area contributed by atoms with Crippen molar-refractivity contribution in [2.75, 3.05) is 0 Å². The summed E-state index contributed by atoms with van der Waals surface area (Å²) in [6.45, 7) is -1.16. The van der Waals surface area contributed by atoms with E-state index in [1.807, 2.05) is 0 Å². The van der Waals surface area contributed by atoms with Gasteiger partial charge in [0.1, 0.15) is 18.0 Å². The number of hydrogen-bond acceptors (Lipinski definition) is 3. The third-order valence-corrected chi connectivity index (χ3v) is 3.24. The van der Waals surface area contributed by atoms with Crippen LogP contribution in [-0.4, -0.2) is 26.0 Å². The number of phenols is 1. The summed E-state index contributed by atoms with van der Waals surface area (Å²) in [6, 6.07) is 9.57. The Morgan fingerprint density at radius 2 is 1.61 bits per heavy atom. The van der Waals surface area contributed by atoms with Gasteiger partial charge >= 0.3 is 6.18 Å². The van der Waals surface area contributed by atoms with Crippen molar-refractivity contribution < 1.29 is 18.3 Å². The van der Waals surface area contributed by atoms with Crippen LogP contribution in [0.5, 0.6) is 5.75 Å². The maximum absolute atomic E-state index is 12.6. The first-order chi connectivity index (χ1) is 10.9. The summed E-state index contributed by atoms with van der Waals surface area (Å²) >= 11 is 0. The molecule has 0 spiro atoms. The van der Waals surface area contributed by atoms with Crippen LogP contribution in [0.1, 0.15) is 0 Å². The highest BCUT2D eigenvalue weighted by Gasteiger charge is 2.29. The SMILES string of the molecule is Oc1ccc(-c2nn(CC(F)(F)F)cc2-c2ccncc2)cc1. The molecule has 0 unspecified atom stereocenters. The van der Waals surface area contributed by atoms with E-state index in [0.717, 1.165) is 10.2 Å². The first-order valence-corrected chi connectivity index (χ1v) is 6.76. The van der Waals surface area contributed by atoms with Crippen LogP contribution in [0, 0.1) is 0 Å². The number of hydrogen-bond donors (Lipinski definition) is 1. The van der Waals surface area contributed by atoms with Crippen molar-refractivity contribution in [2.45, 2.75) is 12.7 Å². The summed E-state index contributed by atoms with van der Waals surface area (Å²) in [4.78, 5) is 3.91. The van der Waals surface area contributed by atoms with Crippen LogP contribution < -0.4 is 0 Å². The van der Waals surface area contributed by atoms with Crippen LogP contribution in [0.2, 0.25) is 0 Å². The molecule has 0 aliphatic heterocycles. The van der Waals surface area contributed by atoms with E-state index in [1.165, 1.54) is 18.3 Å². The van der Waals surface area contributed by atoms with E-state index in [4.69, 9.17) is 0 Å². The Morgan fingerprint density at radius 1 is 0.957 bits per heavy atom. The van der Waals surface area contributed by atoms with E-state index in [1.54, 1.807) is 36.7 Å². The summed E-state index contributed by atoms with van der Waals surface area (Å²) in [6.07, 6.45) is 0.146. The number of halogens is 3. The molecule has 4 nitrogen and oxygen atoms in total. The second-order valence-electron chi connectivity index (χ2n) is 4.99. The predicted molar refractivity (Wildman–Crippen MR) is 78.6 cm³/mol. The third kappa shape index (κ3) is 3.50. The van der Waals surface area contributed by atoms with Crippen molar-refractivity contribution >= 4 is 0 Å². The molecule has 118 valence electrons. The fraction of sp³-hybridized carbons (Fsp3) is 0.125. The van der Waals surface area contributed by atoms with Crippen molar-refractivity contribution in [3.63, 3.8) is 0 Å². The number of phenolic OH excluding ortho intramolecular Hbond substituents is 1. The second-order valence-corrected chi connectivity index (χ2v) is 4.99. The first-order valence-electron chi connectivity index (χ1n) is 6.76. The molecule has 0 atom stereocenters. The fourth-order valence-corrected chi connectivity index (χ4v) is 2.26. The molecule has 3 rings (SSSR count). The zero-order chi connectivity index (χ0) is 16.4. The molecule has 23 heavy (non-hydrogen) atoms. The maximum Gasteiger partial charge on any atom is 0.408 e. The van der Waals surface area contributed by atoms with Crippen molar-refractivity contribution in [1.29, 1.82) is 0 Å². The Morgan fingerprint density at radius 3 is 2.22 bits per heavy atom. The Bertz CT molecular complexity index is 796. The zero-order valence-corrected chi connectivity index (χ0v) is 11.8. The fourth-order valence-electron chi connectivity index (χ4n) is 2.26. The standard InChI is InChI=1S/C16H12F3N3O/c17-16(18,19)10-22-9-14(11-5-7-20-8-6-11)15(21-22)12-1-3-13(23)4-2-12/h1-9,23H,10H2. The van der Waals surface area contributed by atoms with E-state index >= 15 is 0 Å². The van der Waals surface area contributed by atoms with E-state index in [2.05, 4.69) is 10.1 Å². The molecule has 7 heteroatoms. The van der Waals surface area contributed by atoms with Crippen molar-refractivity contribution in [3.05, 3.63) is 55.0 Å². The molecule has 2 aromatic heterocycles. The summed E-state index contributed by atoms with van der Waals surface area (Å²) in [5.74, 6) is 0.0777. The van der Waals surface area contributed by atoms with Crippen molar-refractivity contribution in [2.24, 2.45) is 0 Å². The number of aromatic hydroxyl groups is 1. The zero-order valence-electron chi connectivity index (χ0n) is 11.8. The van der Waals surface area contributed by atoms with E-state index in [0.29, 0.717) is 16.8 Å². The van der Waals surface area contributed by atoms with Crippen LogP contribution in [0.25, 0.3) is 22.4 Å². The minimum absolute atomic E-state index is 0.0777. The monoisotopic (exact) mass is 319 g/mol. The highest BCUT2D eigenvalue weighted by atomic mass is 19.4. The number of alkyl halides is 3. The van der Waals surface area contributed by atoms with E-state index in [-0.39, 0.29) is 5.75 Å². The van der Waals surface area contributed by atoms with Gasteiger partial charge in [-0.25, -0.2) is 0 Å². The molecule has 0 saturated carbocycles. The van der Waals surface area contributed by atoms with E-state index in [9.17, 15) is 18.3 Å². The van der Waals surface area contributed by atoms with Gasteiger partial charge in [0.05, 0.1) is 0 Å². The average molecular weight is 319 g/mol. The average Bonchev–Trinajstić information content (AvgIpc) is 2.90. The molecule has 0 bridgehead atoms. The molecule has 0 radical (unpaired) electrons. The second kappa shape index (κ2) is 5.75. The van der Waals surface area contributed by atoms with Crippen LogP contribution in [-0.2, 0) is 6.54 Å². The lowest BCUT2D eigenvalue weighted by Crippen LogP contribution is -2.17. The summed E-state index contributed by atoms with van der Waals surface area (Å²) in [7, 11) is 0. The van der Waals surface area contributed by atoms with Crippen molar-refractivity contribution in [3.8, 4) is 28.1 Å².